The molecule has 6 heterocycles. The van der Waals surface area contributed by atoms with Gasteiger partial charge < -0.3 is 0 Å². The Labute approximate surface area is 851 Å². The van der Waals surface area contributed by atoms with Gasteiger partial charge in [-0.3, -0.25) is 15.0 Å². The van der Waals surface area contributed by atoms with Crippen LogP contribution in [0.5, 0.6) is 0 Å². The van der Waals surface area contributed by atoms with E-state index in [9.17, 15) is 0 Å². The molecule has 0 spiro atoms. The van der Waals surface area contributed by atoms with Crippen molar-refractivity contribution in [3.63, 3.8) is 0 Å². The molecule has 6 heteroatoms. The van der Waals surface area contributed by atoms with Gasteiger partial charge >= 0.3 is 0 Å². The smallest absolute Gasteiger partial charge is 0.0978 e. The predicted molar refractivity (Wildman–Crippen MR) is 628 cm³/mol. The summed E-state index contributed by atoms with van der Waals surface area (Å²) in [7, 11) is 0. The highest BCUT2D eigenvalue weighted by Crippen LogP contribution is 2.52. The van der Waals surface area contributed by atoms with E-state index in [1.54, 1.807) is 0 Å². The van der Waals surface area contributed by atoms with E-state index >= 15 is 0 Å². The van der Waals surface area contributed by atoms with Crippen molar-refractivity contribution in [3.05, 3.63) is 522 Å². The summed E-state index contributed by atoms with van der Waals surface area (Å²) in [6.07, 6.45) is 5.57. The minimum absolute atomic E-state index is 0.930. The summed E-state index contributed by atoms with van der Waals surface area (Å²) in [5.41, 5.74) is 30.6. The van der Waals surface area contributed by atoms with Crippen molar-refractivity contribution in [3.8, 4) is 100 Å². The molecule has 0 aliphatic carbocycles. The van der Waals surface area contributed by atoms with Crippen LogP contribution in [0, 0.1) is 0 Å². The molecule has 148 heavy (non-hydrogen) atoms. The largest absolute Gasteiger partial charge is 0.254 e. The van der Waals surface area contributed by atoms with Gasteiger partial charge in [0.2, 0.25) is 0 Å². The predicted octanol–water partition coefficient (Wildman–Crippen LogP) is 38.3. The lowest BCUT2D eigenvalue weighted by Crippen LogP contribution is -1.93. The maximum atomic E-state index is 5.15. The van der Waals surface area contributed by atoms with Crippen LogP contribution in [0.4, 0.5) is 0 Å². The van der Waals surface area contributed by atoms with E-state index in [2.05, 4.69) is 485 Å². The molecule has 0 unspecified atom stereocenters. The van der Waals surface area contributed by atoms with Gasteiger partial charge in [0.25, 0.3) is 0 Å². The van der Waals surface area contributed by atoms with Crippen LogP contribution in [0.1, 0.15) is 0 Å². The minimum atomic E-state index is 0.930. The zero-order chi connectivity index (χ0) is 97.4. The van der Waals surface area contributed by atoms with Crippen molar-refractivity contribution in [2.24, 2.45) is 0 Å². The molecule has 0 saturated carbocycles. The van der Waals surface area contributed by atoms with Crippen LogP contribution in [0.2, 0.25) is 0 Å². The number of para-hydroxylation sites is 3. The Hall–Kier alpha value is -19.7. The average molecular weight is 1880 g/mol. The highest BCUT2D eigenvalue weighted by molar-refractivity contribution is 6.28. The molecule has 0 N–H and O–H groups in total. The van der Waals surface area contributed by atoms with Gasteiger partial charge in [-0.1, -0.05) is 431 Å². The van der Waals surface area contributed by atoms with E-state index in [-0.39, 0.29) is 0 Å². The first-order valence-corrected chi connectivity index (χ1v) is 50.6. The summed E-state index contributed by atoms with van der Waals surface area (Å²) >= 11 is 0. The number of nitrogens with zero attached hydrogens (tertiary/aromatic N) is 6. The number of rotatable bonds is 9. The second-order valence-corrected chi connectivity index (χ2v) is 38.8. The van der Waals surface area contributed by atoms with Gasteiger partial charge in [0, 0.05) is 83.8 Å². The number of aromatic nitrogens is 6. The number of hydrogen-bond donors (Lipinski definition) is 0. The third-order valence-corrected chi connectivity index (χ3v) is 30.5. The summed E-state index contributed by atoms with van der Waals surface area (Å²) in [6.45, 7) is 0. The van der Waals surface area contributed by atoms with E-state index in [0.717, 1.165) is 104 Å². The van der Waals surface area contributed by atoms with Crippen LogP contribution in [0.3, 0.4) is 0 Å². The van der Waals surface area contributed by atoms with Crippen LogP contribution in [0.25, 0.3) is 306 Å². The summed E-state index contributed by atoms with van der Waals surface area (Å²) in [5, 5.41) is 35.1. The SMILES string of the molecule is c1cc(-c2c3ccccc3c(-c3ccc4ccccc4c3)c3ccccc23)cc(-c2c3ccccc3nc3c2ccc2cccnc23)c1.c1ccc2cc(-c3c4ccccc4c(-c4ccc(-c5c6ccccc6nc6c5ccc5cccnc56)cc4)c4ccccc34)ccc2c1.c1ccc2cc(-c3c4ccccc4c(-c4ccc5cc(-c6c7ccccc7nc7c6ccc6cccnc67)ccc5c4)c4ccccc34)ccc2c1. The van der Waals surface area contributed by atoms with Crippen LogP contribution < -0.4 is 0 Å². The number of hydrogen-bond acceptors (Lipinski definition) is 6. The third kappa shape index (κ3) is 14.2. The third-order valence-electron chi connectivity index (χ3n) is 30.5. The summed E-state index contributed by atoms with van der Waals surface area (Å²) in [5.74, 6) is 0. The second kappa shape index (κ2) is 35.2. The van der Waals surface area contributed by atoms with Crippen LogP contribution in [-0.2, 0) is 0 Å². The second-order valence-electron chi connectivity index (χ2n) is 38.8. The zero-order valence-electron chi connectivity index (χ0n) is 80.3. The standard InChI is InChI=1S/C50H30N2.2C46H28N2/c1-2-11-33-28-36(22-19-31(33)10-1)46-39-13-3-5-15-41(39)47(42-16-6-4-14-40(42)46)37-23-20-35-30-38(24-21-34(35)29-37)48-43-17-7-8-18-45(43)52-50-44(48)26-25-32-12-9-27-51-49(32)50;1-2-12-31-27-34(23-22-29(31)11-1)43-37-18-5-3-16-35(37)42(36-17-4-6-19-38(36)43)32-13-9-14-33(28-32)44-39-20-7-8-21-41(39)48-46-40(44)25-24-30-15-10-26-47-45(30)46;1-2-11-33-28-34(24-19-29(33)10-1)44-37-15-5-3-13-35(37)42(36-14-4-6-16-38(36)44)30-20-22-31(23-21-30)43-39-17-7-8-18-41(39)48-46-40(43)26-25-32-12-9-27-47-45(32)46/h1-30H;2*1-28H. The topological polar surface area (TPSA) is 77.3 Å². The number of benzene rings is 25. The fourth-order valence-corrected chi connectivity index (χ4v) is 23.9. The first-order chi connectivity index (χ1) is 73.4. The number of pyridine rings is 6. The Balaban J connectivity index is 0.000000105. The Morgan fingerprint density at radius 2 is 0.284 bits per heavy atom. The Bertz CT molecular complexity index is 10800. The molecular formula is C142H86N6. The molecule has 0 fully saturated rings. The van der Waals surface area contributed by atoms with Gasteiger partial charge in [0.1, 0.15) is 0 Å². The molecule has 0 amide bonds. The lowest BCUT2D eigenvalue weighted by molar-refractivity contribution is 1.40. The molecule has 25 aromatic carbocycles. The van der Waals surface area contributed by atoms with Gasteiger partial charge in [0.05, 0.1) is 49.7 Å². The molecule has 6 aromatic heterocycles. The van der Waals surface area contributed by atoms with Crippen LogP contribution >= 0.6 is 0 Å². The zero-order valence-corrected chi connectivity index (χ0v) is 80.3. The highest BCUT2D eigenvalue weighted by Gasteiger charge is 2.26. The van der Waals surface area contributed by atoms with Crippen molar-refractivity contribution < 1.29 is 0 Å². The lowest BCUT2D eigenvalue weighted by Gasteiger charge is -2.19. The monoisotopic (exact) mass is 1870 g/mol. The van der Waals surface area contributed by atoms with E-state index < -0.39 is 0 Å². The maximum Gasteiger partial charge on any atom is 0.0978 e. The molecule has 0 aliphatic rings. The summed E-state index contributed by atoms with van der Waals surface area (Å²) in [6, 6.07) is 182. The van der Waals surface area contributed by atoms with Crippen molar-refractivity contribution in [2.75, 3.05) is 0 Å². The van der Waals surface area contributed by atoms with E-state index in [4.69, 9.17) is 29.9 Å². The molecular weight excluding hydrogens is 1790 g/mol. The molecule has 0 bridgehead atoms. The molecule has 31 aromatic rings. The molecule has 0 saturated heterocycles. The van der Waals surface area contributed by atoms with Crippen LogP contribution in [-0.4, -0.2) is 29.9 Å². The van der Waals surface area contributed by atoms with E-state index in [0.29, 0.717) is 0 Å². The Kier molecular flexibility index (Phi) is 20.2. The average Bonchev–Trinajstić information content (AvgIpc) is 0.735. The minimum Gasteiger partial charge on any atom is -0.254 e. The molecule has 31 rings (SSSR count). The Morgan fingerprint density at radius 1 is 0.101 bits per heavy atom. The fraction of sp³-hybridized carbons (Fsp3) is 0. The quantitative estimate of drug-likeness (QED) is 0.106. The first kappa shape index (κ1) is 85.1. The van der Waals surface area contributed by atoms with Crippen molar-refractivity contribution in [1.29, 1.82) is 0 Å². The summed E-state index contributed by atoms with van der Waals surface area (Å²) < 4.78 is 0. The normalized spacial score (nSPS) is 11.8. The highest BCUT2D eigenvalue weighted by atomic mass is 14.8. The molecule has 684 valence electrons. The fourth-order valence-electron chi connectivity index (χ4n) is 23.9. The molecule has 0 radical (unpaired) electrons. The van der Waals surface area contributed by atoms with Gasteiger partial charge in [-0.2, -0.15) is 0 Å². The molecule has 6 nitrogen and oxygen atoms in total. The lowest BCUT2D eigenvalue weighted by atomic mass is 9.85. The summed E-state index contributed by atoms with van der Waals surface area (Å²) in [4.78, 5) is 29.7. The first-order valence-electron chi connectivity index (χ1n) is 50.6. The van der Waals surface area contributed by atoms with Crippen LogP contribution in [0.15, 0.2) is 522 Å². The molecule has 0 aliphatic heterocycles. The van der Waals surface area contributed by atoms with E-state index in [1.807, 2.05) is 36.8 Å². The Morgan fingerprint density at radius 3 is 0.554 bits per heavy atom. The van der Waals surface area contributed by atoms with Gasteiger partial charge in [-0.15, -0.1) is 0 Å². The van der Waals surface area contributed by atoms with Crippen molar-refractivity contribution in [1.82, 2.24) is 29.9 Å². The van der Waals surface area contributed by atoms with Gasteiger partial charge in [-0.25, -0.2) is 15.0 Å². The van der Waals surface area contributed by atoms with E-state index in [1.165, 1.54) is 202 Å². The molecule has 0 atom stereocenters. The van der Waals surface area contributed by atoms with Crippen molar-refractivity contribution >= 4 is 206 Å². The van der Waals surface area contributed by atoms with Gasteiger partial charge in [-0.05, 0) is 264 Å². The maximum absolute atomic E-state index is 5.15. The number of fused-ring (bicyclic) bond motifs is 22. The van der Waals surface area contributed by atoms with Crippen molar-refractivity contribution in [2.45, 2.75) is 0 Å². The van der Waals surface area contributed by atoms with Gasteiger partial charge in [0.15, 0.2) is 0 Å².